The second-order valence-corrected chi connectivity index (χ2v) is 6.55. The Kier molecular flexibility index (Phi) is 6.42. The van der Waals surface area contributed by atoms with Crippen molar-refractivity contribution < 1.29 is 9.53 Å². The van der Waals surface area contributed by atoms with Gasteiger partial charge in [0.1, 0.15) is 0 Å². The number of nitrogens with zero attached hydrogens (tertiary/aromatic N) is 1. The standard InChI is InChI=1S/C18H29N3O2/c1-21(2)15-7-4-13(5-8-15)10-11-20-18(22)14-6-9-17(23-3)16(19)12-14/h4-5,7-8,14,16-17H,6,9-12,19H2,1-3H3,(H,20,22)/t14-,16+,17+/m0/s1. The van der Waals surface area contributed by atoms with Crippen molar-refractivity contribution >= 4 is 11.6 Å². The van der Waals surface area contributed by atoms with Crippen LogP contribution in [-0.2, 0) is 16.0 Å². The summed E-state index contributed by atoms with van der Waals surface area (Å²) in [4.78, 5) is 14.3. The van der Waals surface area contributed by atoms with Gasteiger partial charge in [0.05, 0.1) is 6.10 Å². The van der Waals surface area contributed by atoms with Crippen LogP contribution in [0.3, 0.4) is 0 Å². The number of hydrogen-bond donors (Lipinski definition) is 2. The summed E-state index contributed by atoms with van der Waals surface area (Å²) in [6.45, 7) is 0.666. The van der Waals surface area contributed by atoms with Crippen LogP contribution in [0.4, 0.5) is 5.69 Å². The van der Waals surface area contributed by atoms with Crippen LogP contribution in [0.25, 0.3) is 0 Å². The number of hydrogen-bond acceptors (Lipinski definition) is 4. The lowest BCUT2D eigenvalue weighted by molar-refractivity contribution is -0.127. The van der Waals surface area contributed by atoms with Crippen LogP contribution < -0.4 is 16.0 Å². The number of carbonyl (C=O) groups is 1. The number of methoxy groups -OCH3 is 1. The van der Waals surface area contributed by atoms with E-state index in [4.69, 9.17) is 10.5 Å². The van der Waals surface area contributed by atoms with Gasteiger partial charge in [-0.2, -0.15) is 0 Å². The van der Waals surface area contributed by atoms with E-state index in [9.17, 15) is 4.79 Å². The normalized spacial score (nSPS) is 24.3. The average molecular weight is 319 g/mol. The fraction of sp³-hybridized carbons (Fsp3) is 0.611. The van der Waals surface area contributed by atoms with Gasteiger partial charge in [-0.3, -0.25) is 4.79 Å². The predicted octanol–water partition coefficient (Wildman–Crippen LogP) is 1.55. The molecule has 1 fully saturated rings. The van der Waals surface area contributed by atoms with E-state index in [0.29, 0.717) is 13.0 Å². The smallest absolute Gasteiger partial charge is 0.223 e. The first kappa shape index (κ1) is 17.8. The SMILES string of the molecule is CO[C@@H]1CC[C@H](C(=O)NCCc2ccc(N(C)C)cc2)C[C@H]1N. The van der Waals surface area contributed by atoms with Crippen LogP contribution in [0.1, 0.15) is 24.8 Å². The van der Waals surface area contributed by atoms with Crippen molar-refractivity contribution in [2.45, 2.75) is 37.8 Å². The molecule has 1 amide bonds. The molecule has 3 atom stereocenters. The summed E-state index contributed by atoms with van der Waals surface area (Å²) < 4.78 is 5.34. The van der Waals surface area contributed by atoms with E-state index in [-0.39, 0.29) is 24.0 Å². The fourth-order valence-electron chi connectivity index (χ4n) is 3.14. The van der Waals surface area contributed by atoms with E-state index in [0.717, 1.165) is 19.3 Å². The second kappa shape index (κ2) is 8.31. The molecule has 0 heterocycles. The molecule has 1 aliphatic carbocycles. The molecule has 128 valence electrons. The van der Waals surface area contributed by atoms with Gasteiger partial charge in [-0.25, -0.2) is 0 Å². The number of benzene rings is 1. The number of ether oxygens (including phenoxy) is 1. The van der Waals surface area contributed by atoms with Crippen molar-refractivity contribution in [1.29, 1.82) is 0 Å². The summed E-state index contributed by atoms with van der Waals surface area (Å²) in [5, 5.41) is 3.05. The molecular formula is C18H29N3O2. The van der Waals surface area contributed by atoms with E-state index in [2.05, 4.69) is 34.5 Å². The summed E-state index contributed by atoms with van der Waals surface area (Å²) in [5.74, 6) is 0.146. The summed E-state index contributed by atoms with van der Waals surface area (Å²) in [7, 11) is 5.74. The lowest BCUT2D eigenvalue weighted by Crippen LogP contribution is -2.45. The third-order valence-electron chi connectivity index (χ3n) is 4.67. The van der Waals surface area contributed by atoms with E-state index in [1.54, 1.807) is 7.11 Å². The minimum Gasteiger partial charge on any atom is -0.380 e. The monoisotopic (exact) mass is 319 g/mol. The molecule has 5 heteroatoms. The molecule has 2 rings (SSSR count). The molecule has 0 spiro atoms. The van der Waals surface area contributed by atoms with Crippen molar-refractivity contribution in [3.05, 3.63) is 29.8 Å². The Hall–Kier alpha value is -1.59. The van der Waals surface area contributed by atoms with Crippen molar-refractivity contribution in [3.8, 4) is 0 Å². The van der Waals surface area contributed by atoms with Gasteiger partial charge >= 0.3 is 0 Å². The van der Waals surface area contributed by atoms with Gasteiger partial charge in [0.2, 0.25) is 5.91 Å². The number of carbonyl (C=O) groups excluding carboxylic acids is 1. The molecular weight excluding hydrogens is 290 g/mol. The van der Waals surface area contributed by atoms with Gasteiger partial charge in [-0.1, -0.05) is 12.1 Å². The Bertz CT molecular complexity index is 501. The third-order valence-corrected chi connectivity index (χ3v) is 4.67. The molecule has 3 N–H and O–H groups in total. The van der Waals surface area contributed by atoms with Gasteiger partial charge in [0.15, 0.2) is 0 Å². The minimum absolute atomic E-state index is 0.0208. The Balaban J connectivity index is 1.74. The first-order valence-electron chi connectivity index (χ1n) is 8.33. The quantitative estimate of drug-likeness (QED) is 0.835. The lowest BCUT2D eigenvalue weighted by atomic mass is 9.83. The van der Waals surface area contributed by atoms with E-state index < -0.39 is 0 Å². The Morgan fingerprint density at radius 2 is 2.00 bits per heavy atom. The Morgan fingerprint density at radius 3 is 2.57 bits per heavy atom. The highest BCUT2D eigenvalue weighted by Gasteiger charge is 2.31. The van der Waals surface area contributed by atoms with Gasteiger partial charge in [-0.15, -0.1) is 0 Å². The zero-order valence-corrected chi connectivity index (χ0v) is 14.4. The molecule has 5 nitrogen and oxygen atoms in total. The van der Waals surface area contributed by atoms with E-state index in [1.165, 1.54) is 11.3 Å². The Labute approximate surface area is 139 Å². The number of amides is 1. The largest absolute Gasteiger partial charge is 0.380 e. The fourth-order valence-corrected chi connectivity index (χ4v) is 3.14. The molecule has 0 radical (unpaired) electrons. The molecule has 1 aromatic carbocycles. The number of anilines is 1. The van der Waals surface area contributed by atoms with Crippen molar-refractivity contribution in [1.82, 2.24) is 5.32 Å². The zero-order valence-electron chi connectivity index (χ0n) is 14.4. The Morgan fingerprint density at radius 1 is 1.30 bits per heavy atom. The lowest BCUT2D eigenvalue weighted by Gasteiger charge is -2.32. The van der Waals surface area contributed by atoms with E-state index >= 15 is 0 Å². The van der Waals surface area contributed by atoms with E-state index in [1.807, 2.05) is 14.1 Å². The third kappa shape index (κ3) is 4.94. The van der Waals surface area contributed by atoms with Crippen molar-refractivity contribution in [2.24, 2.45) is 11.7 Å². The summed E-state index contributed by atoms with van der Waals surface area (Å²) in [5.41, 5.74) is 8.48. The van der Waals surface area contributed by atoms with Crippen LogP contribution >= 0.6 is 0 Å². The highest BCUT2D eigenvalue weighted by molar-refractivity contribution is 5.78. The highest BCUT2D eigenvalue weighted by atomic mass is 16.5. The maximum absolute atomic E-state index is 12.3. The summed E-state index contributed by atoms with van der Waals surface area (Å²) >= 11 is 0. The predicted molar refractivity (Wildman–Crippen MR) is 93.6 cm³/mol. The number of nitrogens with one attached hydrogen (secondary N) is 1. The highest BCUT2D eigenvalue weighted by Crippen LogP contribution is 2.25. The number of nitrogens with two attached hydrogens (primary N) is 1. The van der Waals surface area contributed by atoms with Gasteiger partial charge in [-0.05, 0) is 43.4 Å². The van der Waals surface area contributed by atoms with Crippen molar-refractivity contribution in [3.63, 3.8) is 0 Å². The zero-order chi connectivity index (χ0) is 16.8. The minimum atomic E-state index is -0.0388. The topological polar surface area (TPSA) is 67.6 Å². The van der Waals surface area contributed by atoms with Crippen LogP contribution in [0.5, 0.6) is 0 Å². The summed E-state index contributed by atoms with van der Waals surface area (Å²) in [6.07, 6.45) is 3.37. The maximum atomic E-state index is 12.3. The molecule has 0 bridgehead atoms. The molecule has 1 saturated carbocycles. The summed E-state index contributed by atoms with van der Waals surface area (Å²) in [6, 6.07) is 8.38. The van der Waals surface area contributed by atoms with Crippen LogP contribution in [0, 0.1) is 5.92 Å². The first-order chi connectivity index (χ1) is 11.0. The van der Waals surface area contributed by atoms with Gasteiger partial charge < -0.3 is 20.7 Å². The molecule has 23 heavy (non-hydrogen) atoms. The van der Waals surface area contributed by atoms with Crippen LogP contribution in [-0.4, -0.2) is 45.8 Å². The number of rotatable bonds is 6. The van der Waals surface area contributed by atoms with Gasteiger partial charge in [0.25, 0.3) is 0 Å². The van der Waals surface area contributed by atoms with Crippen LogP contribution in [0.2, 0.25) is 0 Å². The maximum Gasteiger partial charge on any atom is 0.223 e. The molecule has 0 unspecified atom stereocenters. The molecule has 1 aliphatic rings. The van der Waals surface area contributed by atoms with Crippen LogP contribution in [0.15, 0.2) is 24.3 Å². The molecule has 0 saturated heterocycles. The average Bonchev–Trinajstić information content (AvgIpc) is 2.55. The first-order valence-corrected chi connectivity index (χ1v) is 8.33. The van der Waals surface area contributed by atoms with Crippen molar-refractivity contribution in [2.75, 3.05) is 32.6 Å². The molecule has 0 aliphatic heterocycles. The second-order valence-electron chi connectivity index (χ2n) is 6.55. The van der Waals surface area contributed by atoms with Gasteiger partial charge in [0, 0.05) is 45.4 Å². The molecule has 1 aromatic rings. The molecule has 0 aromatic heterocycles.